The predicted octanol–water partition coefficient (Wildman–Crippen LogP) is 3.86. The first kappa shape index (κ1) is 32.0. The lowest BCUT2D eigenvalue weighted by atomic mass is 9.95. The van der Waals surface area contributed by atoms with Crippen molar-refractivity contribution in [2.45, 2.75) is 66.1 Å². The molecule has 0 saturated carbocycles. The van der Waals surface area contributed by atoms with Crippen molar-refractivity contribution in [3.05, 3.63) is 47.5 Å². The zero-order valence-electron chi connectivity index (χ0n) is 23.4. The van der Waals surface area contributed by atoms with Crippen LogP contribution in [0.3, 0.4) is 0 Å². The number of carbonyl (C=O) groups is 2. The fraction of sp³-hybridized carbons (Fsp3) is 0.667. The molecule has 1 heterocycles. The second-order valence-electron chi connectivity index (χ2n) is 11.3. The van der Waals surface area contributed by atoms with Gasteiger partial charge in [0.05, 0.1) is 43.3 Å². The molecule has 0 aromatic heterocycles. The first-order chi connectivity index (χ1) is 18.1. The Balaban J connectivity index is 1.85. The van der Waals surface area contributed by atoms with Crippen molar-refractivity contribution in [2.24, 2.45) is 23.2 Å². The number of hydrogen-bond donors (Lipinski definition) is 2. The van der Waals surface area contributed by atoms with Crippen LogP contribution in [0, 0.1) is 23.2 Å². The molecule has 1 aromatic rings. The van der Waals surface area contributed by atoms with E-state index in [0.717, 1.165) is 25.2 Å². The SMILES string of the molecule is C=C(CO)C(=O)OCC(COC(=O)C(C)(C)CO)C1OCC(CCc2ccc(CCCC(C)C)cc2)CO1. The highest BCUT2D eigenvalue weighted by atomic mass is 16.7. The van der Waals surface area contributed by atoms with Crippen molar-refractivity contribution in [1.29, 1.82) is 0 Å². The van der Waals surface area contributed by atoms with Crippen LogP contribution in [0.5, 0.6) is 0 Å². The van der Waals surface area contributed by atoms with E-state index < -0.39 is 36.2 Å². The summed E-state index contributed by atoms with van der Waals surface area (Å²) in [5, 5.41) is 18.5. The van der Waals surface area contributed by atoms with Crippen LogP contribution in [0.25, 0.3) is 0 Å². The van der Waals surface area contributed by atoms with Crippen molar-refractivity contribution in [3.63, 3.8) is 0 Å². The number of aliphatic hydroxyl groups is 2. The third-order valence-electron chi connectivity index (χ3n) is 6.77. The maximum atomic E-state index is 12.3. The molecule has 8 nitrogen and oxygen atoms in total. The molecule has 0 spiro atoms. The van der Waals surface area contributed by atoms with Crippen LogP contribution in [0.15, 0.2) is 36.4 Å². The number of benzene rings is 1. The van der Waals surface area contributed by atoms with E-state index in [4.69, 9.17) is 24.1 Å². The Kier molecular flexibility index (Phi) is 13.4. The summed E-state index contributed by atoms with van der Waals surface area (Å²) in [5.74, 6) is -0.938. The summed E-state index contributed by atoms with van der Waals surface area (Å²) in [6.45, 7) is 11.0. The van der Waals surface area contributed by atoms with E-state index >= 15 is 0 Å². The molecule has 1 saturated heterocycles. The smallest absolute Gasteiger partial charge is 0.335 e. The average molecular weight is 535 g/mol. The molecule has 8 heteroatoms. The number of carbonyl (C=O) groups excluding carboxylic acids is 2. The minimum Gasteiger partial charge on any atom is -0.465 e. The minimum atomic E-state index is -1.06. The summed E-state index contributed by atoms with van der Waals surface area (Å²) < 4.78 is 22.5. The molecule has 1 unspecified atom stereocenters. The molecule has 1 fully saturated rings. The second kappa shape index (κ2) is 16.0. The summed E-state index contributed by atoms with van der Waals surface area (Å²) in [6.07, 6.45) is 4.68. The number of aliphatic hydroxyl groups excluding tert-OH is 2. The van der Waals surface area contributed by atoms with E-state index in [1.165, 1.54) is 24.0 Å². The third-order valence-corrected chi connectivity index (χ3v) is 6.77. The highest BCUT2D eigenvalue weighted by molar-refractivity contribution is 5.87. The zero-order chi connectivity index (χ0) is 28.1. The van der Waals surface area contributed by atoms with Crippen molar-refractivity contribution in [2.75, 3.05) is 39.6 Å². The molecule has 2 N–H and O–H groups in total. The van der Waals surface area contributed by atoms with Gasteiger partial charge in [0, 0.05) is 5.92 Å². The van der Waals surface area contributed by atoms with Crippen molar-refractivity contribution >= 4 is 11.9 Å². The van der Waals surface area contributed by atoms with Crippen LogP contribution in [0.4, 0.5) is 0 Å². The Labute approximate surface area is 227 Å². The fourth-order valence-corrected chi connectivity index (χ4v) is 3.95. The molecule has 38 heavy (non-hydrogen) atoms. The molecule has 0 radical (unpaired) electrons. The Hall–Kier alpha value is -2.26. The standard InChI is InChI=1S/C30H46O8/c1-21(2)7-6-8-23-9-11-24(12-10-23)13-14-25-16-36-28(37-17-25)26(18-35-27(33)22(3)15-31)19-38-29(34)30(4,5)20-32/h9-12,21,25-26,28,31-32H,3,6-8,13-20H2,1-2,4-5H3. The number of hydrogen-bond acceptors (Lipinski definition) is 8. The summed E-state index contributed by atoms with van der Waals surface area (Å²) in [6, 6.07) is 8.84. The number of rotatable bonds is 16. The Morgan fingerprint density at radius 3 is 2.16 bits per heavy atom. The van der Waals surface area contributed by atoms with Crippen LogP contribution >= 0.6 is 0 Å². The lowest BCUT2D eigenvalue weighted by Crippen LogP contribution is -2.42. The predicted molar refractivity (Wildman–Crippen MR) is 144 cm³/mol. The van der Waals surface area contributed by atoms with Gasteiger partial charge in [-0.25, -0.2) is 4.79 Å². The van der Waals surface area contributed by atoms with Crippen molar-refractivity contribution in [3.8, 4) is 0 Å². The van der Waals surface area contributed by atoms with E-state index in [1.807, 2.05) is 0 Å². The topological polar surface area (TPSA) is 112 Å². The first-order valence-corrected chi connectivity index (χ1v) is 13.6. The lowest BCUT2D eigenvalue weighted by molar-refractivity contribution is -0.237. The Morgan fingerprint density at radius 2 is 1.61 bits per heavy atom. The average Bonchev–Trinajstić information content (AvgIpc) is 2.92. The van der Waals surface area contributed by atoms with Crippen LogP contribution in [0.1, 0.15) is 58.1 Å². The van der Waals surface area contributed by atoms with Gasteiger partial charge in [0.15, 0.2) is 6.29 Å². The Bertz CT molecular complexity index is 869. The number of esters is 2. The molecule has 0 aliphatic carbocycles. The molecule has 0 amide bonds. The summed E-state index contributed by atoms with van der Waals surface area (Å²) in [5.41, 5.74) is 1.53. The van der Waals surface area contributed by atoms with Crippen LogP contribution in [-0.2, 0) is 41.4 Å². The summed E-state index contributed by atoms with van der Waals surface area (Å²) in [4.78, 5) is 24.3. The maximum absolute atomic E-state index is 12.3. The van der Waals surface area contributed by atoms with Gasteiger partial charge in [0.2, 0.25) is 0 Å². The summed E-state index contributed by atoms with van der Waals surface area (Å²) >= 11 is 0. The first-order valence-electron chi connectivity index (χ1n) is 13.6. The highest BCUT2D eigenvalue weighted by Crippen LogP contribution is 2.24. The fourth-order valence-electron chi connectivity index (χ4n) is 3.95. The van der Waals surface area contributed by atoms with E-state index in [9.17, 15) is 14.7 Å². The van der Waals surface area contributed by atoms with Gasteiger partial charge in [0.25, 0.3) is 0 Å². The van der Waals surface area contributed by atoms with Gasteiger partial charge in [-0.3, -0.25) is 4.79 Å². The van der Waals surface area contributed by atoms with Crippen LogP contribution in [0.2, 0.25) is 0 Å². The molecule has 1 aliphatic rings. The van der Waals surface area contributed by atoms with Gasteiger partial charge in [-0.15, -0.1) is 0 Å². The molecular formula is C30H46O8. The van der Waals surface area contributed by atoms with Crippen molar-refractivity contribution in [1.82, 2.24) is 0 Å². The molecular weight excluding hydrogens is 488 g/mol. The molecule has 214 valence electrons. The van der Waals surface area contributed by atoms with Gasteiger partial charge in [0.1, 0.15) is 13.2 Å². The normalized spacial score (nSPS) is 18.7. The molecule has 1 aromatic carbocycles. The molecule has 1 aliphatic heterocycles. The Morgan fingerprint density at radius 1 is 1.03 bits per heavy atom. The van der Waals surface area contributed by atoms with Gasteiger partial charge in [-0.05, 0) is 56.6 Å². The highest BCUT2D eigenvalue weighted by Gasteiger charge is 2.34. The van der Waals surface area contributed by atoms with Gasteiger partial charge < -0.3 is 29.2 Å². The van der Waals surface area contributed by atoms with Crippen molar-refractivity contribution < 1.29 is 38.7 Å². The quantitative estimate of drug-likeness (QED) is 0.243. The number of aryl methyl sites for hydroxylation is 2. The zero-order valence-corrected chi connectivity index (χ0v) is 23.4. The molecule has 1 atom stereocenters. The van der Waals surface area contributed by atoms with E-state index in [-0.39, 0.29) is 31.3 Å². The summed E-state index contributed by atoms with van der Waals surface area (Å²) in [7, 11) is 0. The molecule has 2 rings (SSSR count). The molecule has 0 bridgehead atoms. The monoisotopic (exact) mass is 534 g/mol. The van der Waals surface area contributed by atoms with E-state index in [1.54, 1.807) is 13.8 Å². The van der Waals surface area contributed by atoms with Crippen LogP contribution < -0.4 is 0 Å². The maximum Gasteiger partial charge on any atom is 0.335 e. The minimum absolute atomic E-state index is 0.0729. The third kappa shape index (κ3) is 10.8. The van der Waals surface area contributed by atoms with Gasteiger partial charge in [-0.1, -0.05) is 51.1 Å². The largest absolute Gasteiger partial charge is 0.465 e. The van der Waals surface area contributed by atoms with E-state index in [2.05, 4.69) is 44.7 Å². The van der Waals surface area contributed by atoms with Gasteiger partial charge >= 0.3 is 11.9 Å². The van der Waals surface area contributed by atoms with Gasteiger partial charge in [-0.2, -0.15) is 0 Å². The van der Waals surface area contributed by atoms with E-state index in [0.29, 0.717) is 13.2 Å². The lowest BCUT2D eigenvalue weighted by Gasteiger charge is -2.34. The number of ether oxygens (including phenoxy) is 4. The second-order valence-corrected chi connectivity index (χ2v) is 11.3. The van der Waals surface area contributed by atoms with Crippen LogP contribution in [-0.4, -0.2) is 68.1 Å².